The van der Waals surface area contributed by atoms with E-state index in [0.717, 1.165) is 22.0 Å². The van der Waals surface area contributed by atoms with Gasteiger partial charge in [-0.2, -0.15) is 0 Å². The first kappa shape index (κ1) is 21.8. The fraction of sp³-hybridized carbons (Fsp3) is 0.259. The third kappa shape index (κ3) is 4.88. The molecule has 0 radical (unpaired) electrons. The van der Waals surface area contributed by atoms with Crippen molar-refractivity contribution in [1.29, 1.82) is 0 Å². The zero-order chi connectivity index (χ0) is 22.7. The van der Waals surface area contributed by atoms with E-state index in [1.807, 2.05) is 23.2 Å². The Balaban J connectivity index is 1.60. The summed E-state index contributed by atoms with van der Waals surface area (Å²) in [6, 6.07) is 18.7. The lowest BCUT2D eigenvalue weighted by Crippen LogP contribution is -2.33. The highest BCUT2D eigenvalue weighted by molar-refractivity contribution is 6.03. The minimum atomic E-state index is -0.261. The van der Waals surface area contributed by atoms with E-state index in [-0.39, 0.29) is 17.1 Å². The van der Waals surface area contributed by atoms with Gasteiger partial charge in [-0.1, -0.05) is 57.2 Å². The predicted octanol–water partition coefficient (Wildman–Crippen LogP) is 5.88. The summed E-state index contributed by atoms with van der Waals surface area (Å²) in [6.45, 7) is 7.53. The van der Waals surface area contributed by atoms with Crippen molar-refractivity contribution in [2.75, 3.05) is 6.54 Å². The van der Waals surface area contributed by atoms with Gasteiger partial charge < -0.3 is 9.88 Å². The lowest BCUT2D eigenvalue weighted by Gasteiger charge is -2.24. The van der Waals surface area contributed by atoms with Crippen molar-refractivity contribution < 1.29 is 9.18 Å². The molecule has 1 amide bonds. The fourth-order valence-corrected chi connectivity index (χ4v) is 3.79. The van der Waals surface area contributed by atoms with Gasteiger partial charge in [0, 0.05) is 30.9 Å². The van der Waals surface area contributed by atoms with E-state index in [0.29, 0.717) is 25.2 Å². The minimum absolute atomic E-state index is 0.0732. The van der Waals surface area contributed by atoms with Gasteiger partial charge in [0.1, 0.15) is 5.82 Å². The van der Waals surface area contributed by atoms with E-state index in [9.17, 15) is 9.18 Å². The summed E-state index contributed by atoms with van der Waals surface area (Å²) < 4.78 is 13.3. The van der Waals surface area contributed by atoms with Crippen LogP contribution in [0.3, 0.4) is 0 Å². The lowest BCUT2D eigenvalue weighted by molar-refractivity contribution is 0.0741. The Morgan fingerprint density at radius 2 is 1.66 bits per heavy atom. The van der Waals surface area contributed by atoms with E-state index in [2.05, 4.69) is 55.0 Å². The molecule has 0 saturated heterocycles. The third-order valence-electron chi connectivity index (χ3n) is 5.74. The van der Waals surface area contributed by atoms with E-state index < -0.39 is 0 Å². The van der Waals surface area contributed by atoms with Crippen LogP contribution >= 0.6 is 0 Å². The Morgan fingerprint density at radius 1 is 0.969 bits per heavy atom. The van der Waals surface area contributed by atoms with Crippen LogP contribution in [0.2, 0.25) is 0 Å². The number of hydrogen-bond acceptors (Lipinski definition) is 2. The van der Waals surface area contributed by atoms with Crippen LogP contribution in [-0.4, -0.2) is 27.3 Å². The molecular formula is C27H28FN3O. The summed E-state index contributed by atoms with van der Waals surface area (Å²) in [7, 11) is 0. The van der Waals surface area contributed by atoms with Crippen LogP contribution in [0.4, 0.5) is 4.39 Å². The molecule has 0 saturated carbocycles. The first-order valence-corrected chi connectivity index (χ1v) is 10.9. The van der Waals surface area contributed by atoms with E-state index in [1.54, 1.807) is 18.3 Å². The molecule has 0 aliphatic heterocycles. The molecule has 32 heavy (non-hydrogen) atoms. The van der Waals surface area contributed by atoms with Gasteiger partial charge in [0.25, 0.3) is 5.91 Å². The molecule has 2 aromatic heterocycles. The maximum absolute atomic E-state index is 13.5. The Bertz CT molecular complexity index is 1200. The van der Waals surface area contributed by atoms with Gasteiger partial charge in [-0.05, 0) is 52.8 Å². The van der Waals surface area contributed by atoms with Crippen molar-refractivity contribution in [2.24, 2.45) is 0 Å². The topological polar surface area (TPSA) is 49.0 Å². The molecule has 0 aliphatic rings. The van der Waals surface area contributed by atoms with E-state index in [1.165, 1.54) is 17.7 Å². The average molecular weight is 430 g/mol. The second kappa shape index (κ2) is 8.95. The second-order valence-corrected chi connectivity index (χ2v) is 9.15. The van der Waals surface area contributed by atoms with Gasteiger partial charge in [0.15, 0.2) is 5.69 Å². The smallest absolute Gasteiger partial charge is 0.274 e. The summed E-state index contributed by atoms with van der Waals surface area (Å²) in [5.74, 6) is -0.386. The van der Waals surface area contributed by atoms with Gasteiger partial charge in [0.05, 0.1) is 5.52 Å². The zero-order valence-electron chi connectivity index (χ0n) is 18.7. The van der Waals surface area contributed by atoms with E-state index >= 15 is 0 Å². The summed E-state index contributed by atoms with van der Waals surface area (Å²) in [5, 5.41) is 0.955. The standard InChI is InChI=1S/C27H28FN3O/c1-27(2,3)22-8-4-20(5-9-22)18-31(17-14-19-6-10-23(28)11-7-19)26(32)25-24-21(12-15-29-24)13-16-30-25/h4-13,15-16,29H,14,17-18H2,1-3H3. The molecule has 0 bridgehead atoms. The molecule has 0 atom stereocenters. The Morgan fingerprint density at radius 3 is 2.34 bits per heavy atom. The summed E-state index contributed by atoms with van der Waals surface area (Å²) in [6.07, 6.45) is 4.11. The number of nitrogens with one attached hydrogen (secondary N) is 1. The van der Waals surface area contributed by atoms with Crippen molar-refractivity contribution in [3.63, 3.8) is 0 Å². The highest BCUT2D eigenvalue weighted by Crippen LogP contribution is 2.23. The lowest BCUT2D eigenvalue weighted by atomic mass is 9.87. The van der Waals surface area contributed by atoms with Crippen LogP contribution in [0.5, 0.6) is 0 Å². The van der Waals surface area contributed by atoms with Crippen LogP contribution in [0, 0.1) is 5.82 Å². The molecule has 2 heterocycles. The van der Waals surface area contributed by atoms with Crippen LogP contribution in [0.25, 0.3) is 10.9 Å². The molecule has 0 unspecified atom stereocenters. The SMILES string of the molecule is CC(C)(C)c1ccc(CN(CCc2ccc(F)cc2)C(=O)c2nccc3cc[nH]c23)cc1. The number of aromatic nitrogens is 2. The van der Waals surface area contributed by atoms with Crippen LogP contribution in [0.15, 0.2) is 73.1 Å². The molecule has 0 aliphatic carbocycles. The maximum Gasteiger partial charge on any atom is 0.274 e. The number of carbonyl (C=O) groups excluding carboxylic acids is 1. The molecule has 0 fully saturated rings. The fourth-order valence-electron chi connectivity index (χ4n) is 3.79. The van der Waals surface area contributed by atoms with Crippen LogP contribution in [-0.2, 0) is 18.4 Å². The number of fused-ring (bicyclic) bond motifs is 1. The van der Waals surface area contributed by atoms with Gasteiger partial charge in [0.2, 0.25) is 0 Å². The number of rotatable bonds is 6. The Hall–Kier alpha value is -3.47. The number of aromatic amines is 1. The van der Waals surface area contributed by atoms with Gasteiger partial charge in [-0.25, -0.2) is 9.37 Å². The number of H-pyrrole nitrogens is 1. The van der Waals surface area contributed by atoms with Crippen LogP contribution < -0.4 is 0 Å². The molecular weight excluding hydrogens is 401 g/mol. The second-order valence-electron chi connectivity index (χ2n) is 9.15. The summed E-state index contributed by atoms with van der Waals surface area (Å²) in [4.78, 5) is 22.9. The highest BCUT2D eigenvalue weighted by Gasteiger charge is 2.21. The molecule has 164 valence electrons. The molecule has 4 rings (SSSR count). The van der Waals surface area contributed by atoms with Gasteiger partial charge in [-0.15, -0.1) is 0 Å². The largest absolute Gasteiger partial charge is 0.359 e. The zero-order valence-corrected chi connectivity index (χ0v) is 18.7. The first-order valence-electron chi connectivity index (χ1n) is 10.9. The number of pyridine rings is 1. The number of benzene rings is 2. The minimum Gasteiger partial charge on any atom is -0.359 e. The van der Waals surface area contributed by atoms with Crippen molar-refractivity contribution in [1.82, 2.24) is 14.9 Å². The summed E-state index contributed by atoms with van der Waals surface area (Å²) in [5.41, 5.74) is 4.53. The Kier molecular flexibility index (Phi) is 6.08. The predicted molar refractivity (Wildman–Crippen MR) is 126 cm³/mol. The van der Waals surface area contributed by atoms with Gasteiger partial charge >= 0.3 is 0 Å². The Labute approximate surface area is 188 Å². The molecule has 4 aromatic rings. The van der Waals surface area contributed by atoms with Crippen molar-refractivity contribution >= 4 is 16.8 Å². The molecule has 1 N–H and O–H groups in total. The third-order valence-corrected chi connectivity index (χ3v) is 5.74. The summed E-state index contributed by atoms with van der Waals surface area (Å²) >= 11 is 0. The first-order chi connectivity index (χ1) is 15.3. The maximum atomic E-state index is 13.5. The number of halogens is 1. The number of amides is 1. The van der Waals surface area contributed by atoms with Crippen molar-refractivity contribution in [3.8, 4) is 0 Å². The normalized spacial score (nSPS) is 11.6. The molecule has 2 aromatic carbocycles. The number of hydrogen-bond donors (Lipinski definition) is 1. The van der Waals surface area contributed by atoms with Crippen molar-refractivity contribution in [2.45, 2.75) is 39.2 Å². The average Bonchev–Trinajstić information content (AvgIpc) is 3.26. The highest BCUT2D eigenvalue weighted by atomic mass is 19.1. The molecule has 0 spiro atoms. The van der Waals surface area contributed by atoms with Gasteiger partial charge in [-0.3, -0.25) is 4.79 Å². The van der Waals surface area contributed by atoms with Crippen molar-refractivity contribution in [3.05, 3.63) is 101 Å². The molecule has 4 nitrogen and oxygen atoms in total. The quantitative estimate of drug-likeness (QED) is 0.416. The van der Waals surface area contributed by atoms with Crippen LogP contribution in [0.1, 0.15) is 48.0 Å². The number of nitrogens with zero attached hydrogens (tertiary/aromatic N) is 2. The monoisotopic (exact) mass is 429 g/mol. The molecule has 5 heteroatoms. The number of carbonyl (C=O) groups is 1. The van der Waals surface area contributed by atoms with E-state index in [4.69, 9.17) is 0 Å².